The number of aliphatic imine (C=N–C) groups is 1. The first kappa shape index (κ1) is 42.9. The van der Waals surface area contributed by atoms with Crippen molar-refractivity contribution < 1.29 is 62.9 Å². The van der Waals surface area contributed by atoms with Gasteiger partial charge in [0.05, 0.1) is 29.6 Å². The monoisotopic (exact) mass is 825 g/mol. The van der Waals surface area contributed by atoms with Crippen molar-refractivity contribution >= 4 is 30.1 Å². The molecule has 14 nitrogen and oxygen atoms in total. The van der Waals surface area contributed by atoms with E-state index in [4.69, 9.17) is 28.4 Å². The quantitative estimate of drug-likeness (QED) is 0.0805. The average Bonchev–Trinajstić information content (AvgIpc) is 3.22. The van der Waals surface area contributed by atoms with Crippen LogP contribution in [-0.2, 0) is 38.1 Å². The molecular formula is C46H51NO13. The van der Waals surface area contributed by atoms with Crippen molar-refractivity contribution in [2.45, 2.75) is 101 Å². The Kier molecular flexibility index (Phi) is 11.7. The van der Waals surface area contributed by atoms with Gasteiger partial charge in [0.1, 0.15) is 41.8 Å². The van der Waals surface area contributed by atoms with E-state index >= 15 is 4.79 Å². The summed E-state index contributed by atoms with van der Waals surface area (Å²) in [5, 5.41) is 37.6. The van der Waals surface area contributed by atoms with E-state index < -0.39 is 101 Å². The first-order chi connectivity index (χ1) is 28.5. The highest BCUT2D eigenvalue weighted by atomic mass is 16.6. The topological polar surface area (TPSA) is 197 Å². The predicted molar refractivity (Wildman–Crippen MR) is 215 cm³/mol. The van der Waals surface area contributed by atoms with Crippen molar-refractivity contribution in [1.29, 1.82) is 0 Å². The third-order valence-electron chi connectivity index (χ3n) is 13.3. The van der Waals surface area contributed by atoms with Crippen LogP contribution in [0.4, 0.5) is 0 Å². The molecule has 2 bridgehead atoms. The zero-order chi connectivity index (χ0) is 43.2. The van der Waals surface area contributed by atoms with Crippen LogP contribution in [0.5, 0.6) is 5.75 Å². The van der Waals surface area contributed by atoms with Crippen LogP contribution in [0.2, 0.25) is 0 Å². The summed E-state index contributed by atoms with van der Waals surface area (Å²) in [6, 6.07) is 24.2. The number of nitrogens with zero attached hydrogens (tertiary/aromatic N) is 1. The van der Waals surface area contributed by atoms with E-state index in [9.17, 15) is 29.7 Å². The molecule has 7 rings (SSSR count). The van der Waals surface area contributed by atoms with Crippen LogP contribution in [0.25, 0.3) is 0 Å². The molecule has 1 heterocycles. The molecular weight excluding hydrogens is 774 g/mol. The SMILES string of the molecule is CO[C@H]1C[C@H]2OC[C@@]2(OC(C)=O)[C@H]2[C@H](OC(=O)c3ccccc3)[C@]3(O)C[C@H](OC(=O)[C@H](O)[C@@H](N=COc4ccccc4)c4ccccc4)C(C)=C([C@@H](O)C(=O)[C@]12C)C3(C)C. The Morgan fingerprint density at radius 2 is 1.55 bits per heavy atom. The third kappa shape index (κ3) is 7.03. The van der Waals surface area contributed by atoms with E-state index in [2.05, 4.69) is 4.99 Å². The molecule has 0 unspecified atom stereocenters. The van der Waals surface area contributed by atoms with Gasteiger partial charge in [0.15, 0.2) is 23.9 Å². The Morgan fingerprint density at radius 3 is 2.13 bits per heavy atom. The van der Waals surface area contributed by atoms with E-state index in [-0.39, 0.29) is 29.7 Å². The molecule has 0 radical (unpaired) electrons. The van der Waals surface area contributed by atoms with Gasteiger partial charge in [-0.05, 0) is 54.8 Å². The van der Waals surface area contributed by atoms with Crippen LogP contribution in [0.3, 0.4) is 0 Å². The fraction of sp³-hybridized carbons (Fsp3) is 0.457. The summed E-state index contributed by atoms with van der Waals surface area (Å²) in [5.41, 5.74) is -6.34. The molecule has 0 aromatic heterocycles. The number of hydrogen-bond donors (Lipinski definition) is 3. The number of methoxy groups -OCH3 is 1. The van der Waals surface area contributed by atoms with Gasteiger partial charge in [-0.1, -0.05) is 80.6 Å². The molecule has 3 aromatic rings. The summed E-state index contributed by atoms with van der Waals surface area (Å²) in [5.74, 6) is -4.33. The molecule has 1 aliphatic heterocycles. The maximum Gasteiger partial charge on any atom is 0.338 e. The average molecular weight is 826 g/mol. The normalized spacial score (nSPS) is 32.9. The largest absolute Gasteiger partial charge is 0.456 e. The number of fused-ring (bicyclic) bond motifs is 5. The van der Waals surface area contributed by atoms with Crippen molar-refractivity contribution in [1.82, 2.24) is 0 Å². The smallest absolute Gasteiger partial charge is 0.338 e. The minimum Gasteiger partial charge on any atom is -0.456 e. The number of esters is 3. The standard InChI is InChI=1S/C46H51NO13/c1-26-31(58-42(53)37(50)35(28-16-10-7-11-17-28)47-25-57-30-20-14-9-15-21-30)23-46(54)40(59-41(52)29-18-12-8-13-19-29)38-44(5,39(51)36(49)34(26)43(46,3)4)32(55-6)22-33-45(38,24-56-33)60-27(2)48/h7-21,25,31-33,35-38,40,49-50,54H,22-24H2,1-6H3/t31-,32-,33+,35-,36+,37+,38-,40-,44+,45-,46+/m0/s1. The summed E-state index contributed by atoms with van der Waals surface area (Å²) in [6.45, 7) is 7.35. The van der Waals surface area contributed by atoms with Crippen LogP contribution < -0.4 is 4.74 Å². The molecule has 11 atom stereocenters. The lowest BCUT2D eigenvalue weighted by Gasteiger charge is -2.67. The van der Waals surface area contributed by atoms with Gasteiger partial charge in [-0.25, -0.2) is 14.6 Å². The summed E-state index contributed by atoms with van der Waals surface area (Å²) in [7, 11) is 1.40. The number of aliphatic hydroxyl groups is 3. The molecule has 3 aromatic carbocycles. The lowest BCUT2D eigenvalue weighted by atomic mass is 9.44. The van der Waals surface area contributed by atoms with Crippen LogP contribution in [0.1, 0.15) is 69.4 Å². The van der Waals surface area contributed by atoms with E-state index in [1.165, 1.54) is 26.2 Å². The fourth-order valence-corrected chi connectivity index (χ4v) is 10.1. The van der Waals surface area contributed by atoms with Crippen molar-refractivity contribution in [3.8, 4) is 5.75 Å². The maximum absolute atomic E-state index is 15.2. The Morgan fingerprint density at radius 1 is 0.933 bits per heavy atom. The van der Waals surface area contributed by atoms with Crippen LogP contribution in [0, 0.1) is 16.7 Å². The molecule has 60 heavy (non-hydrogen) atoms. The summed E-state index contributed by atoms with van der Waals surface area (Å²) in [4.78, 5) is 61.0. The third-order valence-corrected chi connectivity index (χ3v) is 13.3. The number of Topliss-reactive ketones (excluding diaryl/α,β-unsaturated/α-hetero) is 1. The molecule has 2 saturated carbocycles. The maximum atomic E-state index is 15.2. The van der Waals surface area contributed by atoms with Crippen LogP contribution in [-0.4, -0.2) is 107 Å². The van der Waals surface area contributed by atoms with Gasteiger partial charge in [-0.2, -0.15) is 0 Å². The Labute approximate surface area is 348 Å². The number of hydrogen-bond acceptors (Lipinski definition) is 14. The first-order valence-electron chi connectivity index (χ1n) is 19.9. The summed E-state index contributed by atoms with van der Waals surface area (Å²) >= 11 is 0. The number of ketones is 1. The highest BCUT2D eigenvalue weighted by molar-refractivity contribution is 5.94. The molecule has 318 valence electrons. The Hall–Kier alpha value is -5.25. The fourth-order valence-electron chi connectivity index (χ4n) is 10.1. The molecule has 14 heteroatoms. The zero-order valence-corrected chi connectivity index (χ0v) is 34.3. The second kappa shape index (κ2) is 16.3. The number of benzene rings is 3. The zero-order valence-electron chi connectivity index (χ0n) is 34.3. The first-order valence-corrected chi connectivity index (χ1v) is 19.9. The lowest BCUT2D eigenvalue weighted by Crippen LogP contribution is -2.82. The highest BCUT2D eigenvalue weighted by Gasteiger charge is 2.78. The number of carbonyl (C=O) groups is 4. The second-order valence-electron chi connectivity index (χ2n) is 16.8. The van der Waals surface area contributed by atoms with Gasteiger partial charge in [0.25, 0.3) is 0 Å². The minimum absolute atomic E-state index is 0.0336. The molecule has 0 spiro atoms. The van der Waals surface area contributed by atoms with Crippen molar-refractivity contribution in [2.24, 2.45) is 21.7 Å². The van der Waals surface area contributed by atoms with E-state index in [1.54, 1.807) is 100 Å². The van der Waals surface area contributed by atoms with E-state index in [1.807, 2.05) is 6.07 Å². The van der Waals surface area contributed by atoms with Gasteiger partial charge in [0.2, 0.25) is 0 Å². The Balaban J connectivity index is 1.34. The molecule has 4 aliphatic rings. The molecule has 1 saturated heterocycles. The molecule has 3 aliphatic carbocycles. The molecule has 3 fully saturated rings. The van der Waals surface area contributed by atoms with Gasteiger partial charge >= 0.3 is 17.9 Å². The summed E-state index contributed by atoms with van der Waals surface area (Å²) < 4.78 is 36.2. The molecule has 3 N–H and O–H groups in total. The molecule has 0 amide bonds. The van der Waals surface area contributed by atoms with Gasteiger partial charge in [-0.3, -0.25) is 9.59 Å². The highest BCUT2D eigenvalue weighted by Crippen LogP contribution is 2.64. The van der Waals surface area contributed by atoms with Gasteiger partial charge in [0, 0.05) is 32.3 Å². The lowest BCUT2D eigenvalue weighted by molar-refractivity contribution is -0.347. The number of aliphatic hydroxyl groups excluding tert-OH is 2. The van der Waals surface area contributed by atoms with Crippen molar-refractivity contribution in [3.05, 3.63) is 113 Å². The summed E-state index contributed by atoms with van der Waals surface area (Å²) in [6.07, 6.45) is -7.92. The van der Waals surface area contributed by atoms with E-state index in [0.29, 0.717) is 11.3 Å². The minimum atomic E-state index is -2.26. The van der Waals surface area contributed by atoms with Crippen LogP contribution >= 0.6 is 0 Å². The number of carbonyl (C=O) groups excluding carboxylic acids is 4. The van der Waals surface area contributed by atoms with Crippen molar-refractivity contribution in [3.63, 3.8) is 0 Å². The second-order valence-corrected chi connectivity index (χ2v) is 16.8. The van der Waals surface area contributed by atoms with Crippen molar-refractivity contribution in [2.75, 3.05) is 13.7 Å². The number of ether oxygens (including phenoxy) is 6. The van der Waals surface area contributed by atoms with Gasteiger partial charge in [-0.15, -0.1) is 0 Å². The predicted octanol–water partition coefficient (Wildman–Crippen LogP) is 4.50. The number of para-hydroxylation sites is 1. The Bertz CT molecular complexity index is 2160. The number of rotatable bonds is 11. The van der Waals surface area contributed by atoms with Crippen LogP contribution in [0.15, 0.2) is 107 Å². The van der Waals surface area contributed by atoms with Gasteiger partial charge < -0.3 is 43.7 Å². The van der Waals surface area contributed by atoms with E-state index in [0.717, 1.165) is 6.40 Å².